The van der Waals surface area contributed by atoms with Gasteiger partial charge in [0.15, 0.2) is 12.6 Å². The molecular formula is C11H13NO7. The van der Waals surface area contributed by atoms with Crippen molar-refractivity contribution in [3.63, 3.8) is 0 Å². The van der Waals surface area contributed by atoms with Crippen LogP contribution in [0.2, 0.25) is 0 Å². The van der Waals surface area contributed by atoms with E-state index in [1.165, 1.54) is 0 Å². The summed E-state index contributed by atoms with van der Waals surface area (Å²) in [4.78, 5) is 38.2. The SMILES string of the molecule is O=C(O)ON1C(=O)CC(C2CCC3(C2)OCO3)C1=O. The lowest BCUT2D eigenvalue weighted by Gasteiger charge is -2.38. The minimum atomic E-state index is -1.67. The van der Waals surface area contributed by atoms with Crippen molar-refractivity contribution in [2.75, 3.05) is 6.79 Å². The van der Waals surface area contributed by atoms with Crippen molar-refractivity contribution in [1.82, 2.24) is 5.06 Å². The molecule has 2 unspecified atom stereocenters. The van der Waals surface area contributed by atoms with Crippen LogP contribution in [0.5, 0.6) is 0 Å². The normalized spacial score (nSPS) is 32.7. The summed E-state index contributed by atoms with van der Waals surface area (Å²) < 4.78 is 10.7. The molecule has 2 atom stereocenters. The van der Waals surface area contributed by atoms with Crippen LogP contribution in [0.1, 0.15) is 25.7 Å². The molecule has 0 aromatic rings. The monoisotopic (exact) mass is 271 g/mol. The highest BCUT2D eigenvalue weighted by Gasteiger charge is 2.53. The summed E-state index contributed by atoms with van der Waals surface area (Å²) in [5, 5.41) is 8.83. The first-order valence-corrected chi connectivity index (χ1v) is 6.06. The minimum absolute atomic E-state index is 0.0210. The maximum atomic E-state index is 12.0. The number of ether oxygens (including phenoxy) is 2. The van der Waals surface area contributed by atoms with E-state index in [1.54, 1.807) is 0 Å². The van der Waals surface area contributed by atoms with E-state index in [0.29, 0.717) is 24.3 Å². The van der Waals surface area contributed by atoms with Crippen LogP contribution in [0, 0.1) is 11.8 Å². The molecule has 1 saturated carbocycles. The van der Waals surface area contributed by atoms with Crippen LogP contribution in [0.15, 0.2) is 0 Å². The van der Waals surface area contributed by atoms with Crippen LogP contribution in [-0.2, 0) is 23.9 Å². The largest absolute Gasteiger partial charge is 0.531 e. The lowest BCUT2D eigenvalue weighted by atomic mass is 9.89. The van der Waals surface area contributed by atoms with Crippen LogP contribution in [0.25, 0.3) is 0 Å². The minimum Gasteiger partial charge on any atom is -0.448 e. The fraction of sp³-hybridized carbons (Fsp3) is 0.727. The zero-order valence-electron chi connectivity index (χ0n) is 10.0. The number of imide groups is 1. The van der Waals surface area contributed by atoms with Gasteiger partial charge in [0.1, 0.15) is 0 Å². The van der Waals surface area contributed by atoms with E-state index in [-0.39, 0.29) is 19.1 Å². The van der Waals surface area contributed by atoms with E-state index in [0.717, 1.165) is 0 Å². The van der Waals surface area contributed by atoms with Crippen LogP contribution >= 0.6 is 0 Å². The molecule has 3 rings (SSSR count). The lowest BCUT2D eigenvalue weighted by molar-refractivity contribution is -0.395. The van der Waals surface area contributed by atoms with Crippen LogP contribution < -0.4 is 0 Å². The molecule has 2 saturated heterocycles. The molecular weight excluding hydrogens is 258 g/mol. The standard InChI is InChI=1S/C11H13NO7/c13-8-3-7(9(14)12(8)19-10(15)16)6-1-2-11(4-6)17-5-18-11/h6-7H,1-5H2,(H,15,16). The highest BCUT2D eigenvalue weighted by Crippen LogP contribution is 2.47. The molecule has 2 aliphatic heterocycles. The molecule has 2 heterocycles. The van der Waals surface area contributed by atoms with E-state index in [1.807, 2.05) is 0 Å². The van der Waals surface area contributed by atoms with E-state index < -0.39 is 29.7 Å². The highest BCUT2D eigenvalue weighted by molar-refractivity contribution is 6.03. The van der Waals surface area contributed by atoms with Crippen molar-refractivity contribution in [2.24, 2.45) is 11.8 Å². The summed E-state index contributed by atoms with van der Waals surface area (Å²) >= 11 is 0. The fourth-order valence-electron chi connectivity index (χ4n) is 3.01. The third-order valence-corrected chi connectivity index (χ3v) is 3.99. The van der Waals surface area contributed by atoms with Gasteiger partial charge in [0.25, 0.3) is 11.8 Å². The van der Waals surface area contributed by atoms with Gasteiger partial charge in [0, 0.05) is 19.3 Å². The number of nitrogens with zero attached hydrogens (tertiary/aromatic N) is 1. The first-order valence-electron chi connectivity index (χ1n) is 6.06. The van der Waals surface area contributed by atoms with Crippen molar-refractivity contribution >= 4 is 18.0 Å². The molecule has 1 N–H and O–H groups in total. The second-order valence-corrected chi connectivity index (χ2v) is 5.01. The van der Waals surface area contributed by atoms with Crippen molar-refractivity contribution in [1.29, 1.82) is 0 Å². The highest BCUT2D eigenvalue weighted by atomic mass is 16.9. The van der Waals surface area contributed by atoms with E-state index >= 15 is 0 Å². The zero-order chi connectivity index (χ0) is 13.6. The van der Waals surface area contributed by atoms with Crippen molar-refractivity contribution in [2.45, 2.75) is 31.5 Å². The predicted molar refractivity (Wildman–Crippen MR) is 56.2 cm³/mol. The van der Waals surface area contributed by atoms with Gasteiger partial charge in [0.2, 0.25) is 0 Å². The molecule has 3 fully saturated rings. The molecule has 8 heteroatoms. The van der Waals surface area contributed by atoms with Crippen LogP contribution in [0.4, 0.5) is 4.79 Å². The smallest absolute Gasteiger partial charge is 0.448 e. The number of hydrogen-bond donors (Lipinski definition) is 1. The average Bonchev–Trinajstić information content (AvgIpc) is 2.85. The van der Waals surface area contributed by atoms with Crippen LogP contribution in [0.3, 0.4) is 0 Å². The molecule has 0 aromatic carbocycles. The quantitative estimate of drug-likeness (QED) is 0.728. The number of amides is 2. The number of carbonyl (C=O) groups is 3. The molecule has 0 radical (unpaired) electrons. The Morgan fingerprint density at radius 3 is 2.68 bits per heavy atom. The maximum Gasteiger partial charge on any atom is 0.531 e. The van der Waals surface area contributed by atoms with Crippen molar-refractivity contribution in [3.8, 4) is 0 Å². The fourth-order valence-corrected chi connectivity index (χ4v) is 3.01. The number of hydrogen-bond acceptors (Lipinski definition) is 6. The average molecular weight is 271 g/mol. The van der Waals surface area contributed by atoms with E-state index in [4.69, 9.17) is 14.6 Å². The first kappa shape index (κ1) is 12.4. The second-order valence-electron chi connectivity index (χ2n) is 5.01. The van der Waals surface area contributed by atoms with E-state index in [2.05, 4.69) is 4.84 Å². The molecule has 8 nitrogen and oxygen atoms in total. The Morgan fingerprint density at radius 2 is 2.16 bits per heavy atom. The molecule has 1 aliphatic carbocycles. The summed E-state index contributed by atoms with van der Waals surface area (Å²) in [6.07, 6.45) is 0.265. The number of hydroxylamine groups is 2. The van der Waals surface area contributed by atoms with Crippen LogP contribution in [-0.4, -0.2) is 40.7 Å². The molecule has 1 spiro atoms. The zero-order valence-corrected chi connectivity index (χ0v) is 10.0. The number of carbonyl (C=O) groups excluding carboxylic acids is 2. The van der Waals surface area contributed by atoms with Gasteiger partial charge in [-0.25, -0.2) is 4.79 Å². The molecule has 0 bridgehead atoms. The Balaban J connectivity index is 1.68. The summed E-state index contributed by atoms with van der Waals surface area (Å²) in [5.74, 6) is -2.38. The van der Waals surface area contributed by atoms with Crippen molar-refractivity contribution in [3.05, 3.63) is 0 Å². The predicted octanol–water partition coefficient (Wildman–Crippen LogP) is 0.472. The molecule has 3 aliphatic rings. The topological polar surface area (TPSA) is 102 Å². The van der Waals surface area contributed by atoms with Crippen molar-refractivity contribution < 1.29 is 33.8 Å². The first-order chi connectivity index (χ1) is 9.01. The van der Waals surface area contributed by atoms with Gasteiger partial charge in [-0.3, -0.25) is 14.4 Å². The molecule has 0 aromatic heterocycles. The van der Waals surface area contributed by atoms with Gasteiger partial charge in [-0.15, -0.1) is 0 Å². The van der Waals surface area contributed by atoms with Gasteiger partial charge in [0.05, 0.1) is 5.92 Å². The van der Waals surface area contributed by atoms with E-state index in [9.17, 15) is 14.4 Å². The third-order valence-electron chi connectivity index (χ3n) is 3.99. The summed E-state index contributed by atoms with van der Waals surface area (Å²) in [5.41, 5.74) is 0. The molecule has 104 valence electrons. The third kappa shape index (κ3) is 1.96. The van der Waals surface area contributed by atoms with Gasteiger partial charge >= 0.3 is 6.16 Å². The van der Waals surface area contributed by atoms with Gasteiger partial charge < -0.3 is 14.6 Å². The Kier molecular flexibility index (Phi) is 2.72. The summed E-state index contributed by atoms with van der Waals surface area (Å²) in [6, 6.07) is 0. The van der Waals surface area contributed by atoms with Gasteiger partial charge in [-0.05, 0) is 12.3 Å². The Hall–Kier alpha value is -1.67. The molecule has 19 heavy (non-hydrogen) atoms. The number of carboxylic acid groups (broad SMARTS) is 1. The Morgan fingerprint density at radius 1 is 1.42 bits per heavy atom. The maximum absolute atomic E-state index is 12.0. The number of rotatable bonds is 2. The Bertz CT molecular complexity index is 444. The van der Waals surface area contributed by atoms with Gasteiger partial charge in [-0.1, -0.05) is 5.06 Å². The second kappa shape index (κ2) is 4.17. The Labute approximate surface area is 108 Å². The molecule has 2 amide bonds. The van der Waals surface area contributed by atoms with Gasteiger partial charge in [-0.2, -0.15) is 0 Å². The summed E-state index contributed by atoms with van der Waals surface area (Å²) in [6.45, 7) is 0.262. The lowest BCUT2D eigenvalue weighted by Crippen LogP contribution is -2.44. The summed E-state index contributed by atoms with van der Waals surface area (Å²) in [7, 11) is 0.